The van der Waals surface area contributed by atoms with Crippen molar-refractivity contribution in [3.8, 4) is 5.75 Å². The fourth-order valence-corrected chi connectivity index (χ4v) is 10.1. The molecule has 0 bridgehead atoms. The number of rotatable bonds is 43. The van der Waals surface area contributed by atoms with Crippen molar-refractivity contribution in [3.05, 3.63) is 102 Å². The second-order valence-electron chi connectivity index (χ2n) is 23.8. The number of carboxylic acid groups (broad SMARTS) is 2. The van der Waals surface area contributed by atoms with E-state index < -0.39 is 156 Å². The second kappa shape index (κ2) is 39.6. The lowest BCUT2D eigenvalue weighted by molar-refractivity contribution is -0.143. The number of unbranched alkanes of at least 4 members (excludes halogenated alkanes) is 2. The normalized spacial score (nSPS) is 14.6. The zero-order valence-electron chi connectivity index (χ0n) is 53.8. The summed E-state index contributed by atoms with van der Waals surface area (Å²) in [4.78, 5) is 179. The fraction of sp³-hybridized carbons (Fsp3) is 0.484. The van der Waals surface area contributed by atoms with Crippen LogP contribution in [0, 0.1) is 5.92 Å². The van der Waals surface area contributed by atoms with Gasteiger partial charge in [-0.25, -0.2) is 4.79 Å². The maximum atomic E-state index is 14.9. The summed E-state index contributed by atoms with van der Waals surface area (Å²) in [7, 11) is 0. The first-order valence-electron chi connectivity index (χ1n) is 31.5. The Kier molecular flexibility index (Phi) is 32.3. The molecule has 0 aliphatic heterocycles. The Hall–Kier alpha value is -10.1. The van der Waals surface area contributed by atoms with Gasteiger partial charge in [-0.1, -0.05) is 74.5 Å². The third kappa shape index (κ3) is 26.7. The number of carboxylic acids is 2. The van der Waals surface area contributed by atoms with Gasteiger partial charge >= 0.3 is 11.9 Å². The van der Waals surface area contributed by atoms with Crippen LogP contribution in [0.1, 0.15) is 108 Å². The number of aliphatic carboxylic acids is 2. The van der Waals surface area contributed by atoms with E-state index in [1.807, 2.05) is 0 Å². The van der Waals surface area contributed by atoms with Crippen molar-refractivity contribution in [2.75, 3.05) is 13.1 Å². The molecule has 3 aromatic carbocycles. The van der Waals surface area contributed by atoms with E-state index in [1.54, 1.807) is 74.6 Å². The van der Waals surface area contributed by atoms with Crippen LogP contribution in [0.2, 0.25) is 0 Å². The van der Waals surface area contributed by atoms with Crippen molar-refractivity contribution in [1.82, 2.24) is 52.8 Å². The van der Waals surface area contributed by atoms with Crippen molar-refractivity contribution >= 4 is 87.8 Å². The number of aromatic hydroxyl groups is 1. The monoisotopic (exact) mass is 1340 g/mol. The number of phenolic OH excluding ortho intramolecular Hbond substituents is 1. The number of nitrogens with one attached hydrogen (secondary N) is 10. The summed E-state index contributed by atoms with van der Waals surface area (Å²) in [6.45, 7) is 4.99. The molecule has 32 heteroatoms. The molecule has 0 fully saturated rings. The Labute approximate surface area is 553 Å². The van der Waals surface area contributed by atoms with Crippen molar-refractivity contribution in [3.63, 3.8) is 0 Å². The van der Waals surface area contributed by atoms with Gasteiger partial charge in [0.15, 0.2) is 0 Å². The minimum atomic E-state index is -1.91. The SMILES string of the molecule is CC(C)C[C@H](NC(=O)[C@H](CCCCN)NC(=O)[C@H](CCCCN)NC(=O)[C@H](CC(N)=O)NC(=O)[C@@H](N)CCC(N)=O)C(=O)N[C@H](C(=O)N[C@@H](Cc1c[nH]c2ccccc12)C(=O)N[C@@H](Cc1ccccc1)C(=O)N[C@@H](CC(=O)O)C(=O)N[C@@H](Cc1ccc(O)cc1)C(=O)O)[C@@H](C)O. The first-order valence-corrected chi connectivity index (χ1v) is 31.5. The molecule has 0 radical (unpaired) electrons. The summed E-state index contributed by atoms with van der Waals surface area (Å²) >= 11 is 0. The molecule has 0 aliphatic rings. The van der Waals surface area contributed by atoms with Crippen molar-refractivity contribution in [2.24, 2.45) is 34.6 Å². The molecule has 11 amide bonds. The Bertz CT molecular complexity index is 3310. The number of amides is 11. The zero-order chi connectivity index (χ0) is 71.2. The topological polar surface area (TPSA) is 557 Å². The molecule has 0 saturated heterocycles. The molecule has 4 rings (SSSR count). The number of para-hydroxylation sites is 1. The van der Waals surface area contributed by atoms with Crippen LogP contribution < -0.4 is 76.5 Å². The van der Waals surface area contributed by atoms with Crippen LogP contribution in [-0.2, 0) is 81.6 Å². The van der Waals surface area contributed by atoms with E-state index in [-0.39, 0.29) is 89.0 Å². The highest BCUT2D eigenvalue weighted by molar-refractivity contribution is 6.00. The predicted molar refractivity (Wildman–Crippen MR) is 348 cm³/mol. The number of aliphatic hydroxyl groups is 1. The molecule has 0 unspecified atom stereocenters. The number of hydrogen-bond donors (Lipinski definition) is 19. The van der Waals surface area contributed by atoms with E-state index in [0.717, 1.165) is 0 Å². The maximum Gasteiger partial charge on any atom is 0.326 e. The van der Waals surface area contributed by atoms with E-state index in [1.165, 1.54) is 31.2 Å². The number of aromatic nitrogens is 1. The number of phenols is 1. The summed E-state index contributed by atoms with van der Waals surface area (Å²) in [6.07, 6.45) is -2.19. The maximum absolute atomic E-state index is 14.9. The van der Waals surface area contributed by atoms with E-state index in [0.29, 0.717) is 40.4 Å². The molecule has 1 heterocycles. The van der Waals surface area contributed by atoms with E-state index in [9.17, 15) is 82.8 Å². The molecule has 0 spiro atoms. The van der Waals surface area contributed by atoms with Gasteiger partial charge in [-0.3, -0.25) is 57.5 Å². The Morgan fingerprint density at radius 3 is 1.45 bits per heavy atom. The summed E-state index contributed by atoms with van der Waals surface area (Å²) in [5.74, 6) is -14.5. The minimum absolute atomic E-state index is 0.0568. The smallest absolute Gasteiger partial charge is 0.326 e. The van der Waals surface area contributed by atoms with Gasteiger partial charge in [-0.15, -0.1) is 0 Å². The lowest BCUT2D eigenvalue weighted by atomic mass is 10.00. The molecule has 11 atom stereocenters. The largest absolute Gasteiger partial charge is 0.508 e. The Morgan fingerprint density at radius 1 is 0.469 bits per heavy atom. The van der Waals surface area contributed by atoms with E-state index >= 15 is 0 Å². The van der Waals surface area contributed by atoms with Crippen molar-refractivity contribution < 1.29 is 82.8 Å². The summed E-state index contributed by atoms with van der Waals surface area (Å²) in [5, 5.41) is 63.9. The highest BCUT2D eigenvalue weighted by Crippen LogP contribution is 2.21. The molecule has 524 valence electrons. The summed E-state index contributed by atoms with van der Waals surface area (Å²) < 4.78 is 0. The van der Waals surface area contributed by atoms with Crippen LogP contribution >= 0.6 is 0 Å². The number of carbonyl (C=O) groups excluding carboxylic acids is 11. The van der Waals surface area contributed by atoms with Crippen molar-refractivity contribution in [1.29, 1.82) is 0 Å². The quantitative estimate of drug-likeness (QED) is 0.0196. The molecule has 1 aromatic heterocycles. The molecule has 96 heavy (non-hydrogen) atoms. The highest BCUT2D eigenvalue weighted by atomic mass is 16.4. The van der Waals surface area contributed by atoms with Gasteiger partial charge < -0.3 is 102 Å². The third-order valence-electron chi connectivity index (χ3n) is 15.3. The number of benzene rings is 3. The molecule has 0 saturated carbocycles. The first kappa shape index (κ1) is 78.4. The molecular formula is C64H91N15O17. The summed E-state index contributed by atoms with van der Waals surface area (Å²) in [6, 6.07) is 4.57. The van der Waals surface area contributed by atoms with Crippen LogP contribution in [0.25, 0.3) is 10.9 Å². The fourth-order valence-electron chi connectivity index (χ4n) is 10.1. The van der Waals surface area contributed by atoms with Gasteiger partial charge in [-0.05, 0) is 112 Å². The lowest BCUT2D eigenvalue weighted by Gasteiger charge is -2.29. The number of fused-ring (bicyclic) bond motifs is 1. The molecule has 4 aromatic rings. The van der Waals surface area contributed by atoms with Crippen LogP contribution in [-0.4, -0.2) is 182 Å². The number of aromatic amines is 1. The number of nitrogens with two attached hydrogens (primary N) is 5. The van der Waals surface area contributed by atoms with Gasteiger partial charge in [0.1, 0.15) is 60.1 Å². The summed E-state index contributed by atoms with van der Waals surface area (Å²) in [5.41, 5.74) is 29.9. The van der Waals surface area contributed by atoms with Crippen molar-refractivity contribution in [2.45, 2.75) is 177 Å². The number of H-pyrrole nitrogens is 1. The molecule has 32 nitrogen and oxygen atoms in total. The van der Waals surface area contributed by atoms with E-state index in [2.05, 4.69) is 52.8 Å². The standard InChI is InChI=1S/C64H91N15O17/c1-34(2)27-45(74-57(88)44(18-10-12-26-66)71-56(87)43(17-9-11-25-65)72-60(91)48(31-52(69)83)73-55(86)41(67)23-24-51(68)82)62(93)79-54(35(3)80)63(94)77-47(30-38-33-70-42-16-8-7-15-40(38)42)59(90)75-46(28-36-13-5-4-6-14-36)58(89)76-49(32-53(84)85)61(92)78-50(64(95)96)29-37-19-21-39(81)22-20-37/h4-8,13-16,19-22,33-35,41,43-50,54,70,80-81H,9-12,17-18,23-32,65-67H2,1-3H3,(H2,68,82)(H2,69,83)(H,71,87)(H,72,91)(H,73,86)(H,74,88)(H,75,90)(H,76,89)(H,77,94)(H,78,92)(H,79,93)(H,84,85)(H,95,96)/t35-,41+,43+,44+,45+,46+,47+,48+,49+,50+,54+/m1/s1. The second-order valence-corrected chi connectivity index (χ2v) is 23.8. The van der Waals surface area contributed by atoms with Crippen LogP contribution in [0.15, 0.2) is 85.1 Å². The number of primary amides is 2. The van der Waals surface area contributed by atoms with Crippen LogP contribution in [0.5, 0.6) is 5.75 Å². The van der Waals surface area contributed by atoms with Gasteiger partial charge in [0.2, 0.25) is 65.0 Å². The highest BCUT2D eigenvalue weighted by Gasteiger charge is 2.38. The average molecular weight is 1340 g/mol. The number of aliphatic hydroxyl groups excluding tert-OH is 1. The lowest BCUT2D eigenvalue weighted by Crippen LogP contribution is -2.62. The van der Waals surface area contributed by atoms with Gasteiger partial charge in [-0.2, -0.15) is 0 Å². The van der Waals surface area contributed by atoms with Gasteiger partial charge in [0, 0.05) is 42.8 Å². The van der Waals surface area contributed by atoms with Gasteiger partial charge in [0.05, 0.1) is 25.0 Å². The van der Waals surface area contributed by atoms with E-state index in [4.69, 9.17) is 28.7 Å². The minimum Gasteiger partial charge on any atom is -0.508 e. The molecular weight excluding hydrogens is 1250 g/mol. The third-order valence-corrected chi connectivity index (χ3v) is 15.3. The molecule has 0 aliphatic carbocycles. The van der Waals surface area contributed by atoms with Crippen LogP contribution in [0.4, 0.5) is 0 Å². The zero-order valence-corrected chi connectivity index (χ0v) is 53.8. The predicted octanol–water partition coefficient (Wildman–Crippen LogP) is -3.02. The Balaban J connectivity index is 1.65. The Morgan fingerprint density at radius 2 is 0.917 bits per heavy atom. The number of carbonyl (C=O) groups is 13. The number of hydrogen-bond acceptors (Lipinski definition) is 18. The molecule has 24 N–H and O–H groups in total. The first-order chi connectivity index (χ1) is 45.5. The average Bonchev–Trinajstić information content (AvgIpc) is 1.60. The van der Waals surface area contributed by atoms with Crippen LogP contribution in [0.3, 0.4) is 0 Å². The van der Waals surface area contributed by atoms with Gasteiger partial charge in [0.25, 0.3) is 0 Å².